The molecule has 0 bridgehead atoms. The Labute approximate surface area is 220 Å². The first kappa shape index (κ1) is 21.2. The number of hydrogen-bond acceptors (Lipinski definition) is 0. The number of aromatic nitrogens is 3. The lowest BCUT2D eigenvalue weighted by Crippen LogP contribution is -2.30. The van der Waals surface area contributed by atoms with Crippen molar-refractivity contribution in [2.45, 2.75) is 6.92 Å². The van der Waals surface area contributed by atoms with Crippen LogP contribution in [-0.2, 0) is 7.05 Å². The fourth-order valence-electron chi connectivity index (χ4n) is 6.44. The van der Waals surface area contributed by atoms with E-state index in [0.29, 0.717) is 0 Å². The highest BCUT2D eigenvalue weighted by molar-refractivity contribution is 6.16. The molecule has 0 N–H and O–H groups in total. The molecule has 3 heteroatoms. The van der Waals surface area contributed by atoms with Crippen molar-refractivity contribution in [3.63, 3.8) is 0 Å². The van der Waals surface area contributed by atoms with Crippen molar-refractivity contribution in [1.82, 2.24) is 8.80 Å². The standard InChI is InChI=1S/C35H26N3/c1-23-13-3-4-14-24(23)34-36(2)33-29-19-9-12-22-32(29)37-30-20-10-7-17-27(30)25-15-5-6-16-26(25)28-18-8-11-21-31(28)38(34)35(33)37/h3-22H,1-2H3/q+1. The van der Waals surface area contributed by atoms with E-state index >= 15 is 0 Å². The molecule has 0 saturated heterocycles. The number of hydrogen-bond donors (Lipinski definition) is 0. The van der Waals surface area contributed by atoms with Gasteiger partial charge in [-0.3, -0.25) is 4.40 Å². The summed E-state index contributed by atoms with van der Waals surface area (Å²) in [6, 6.07) is 44.0. The summed E-state index contributed by atoms with van der Waals surface area (Å²) in [7, 11) is 2.21. The third-order valence-corrected chi connectivity index (χ3v) is 8.08. The fourth-order valence-corrected chi connectivity index (χ4v) is 6.44. The Bertz CT molecular complexity index is 2260. The first-order chi connectivity index (χ1) is 18.7. The topological polar surface area (TPSA) is 12.7 Å². The zero-order valence-corrected chi connectivity index (χ0v) is 21.4. The van der Waals surface area contributed by atoms with Gasteiger partial charge in [-0.1, -0.05) is 91.0 Å². The van der Waals surface area contributed by atoms with Gasteiger partial charge < -0.3 is 0 Å². The minimum absolute atomic E-state index is 1.18. The van der Waals surface area contributed by atoms with Crippen molar-refractivity contribution in [3.05, 3.63) is 127 Å². The Morgan fingerprint density at radius 2 is 0.921 bits per heavy atom. The van der Waals surface area contributed by atoms with Crippen LogP contribution in [0.15, 0.2) is 121 Å². The number of imidazole rings is 1. The van der Waals surface area contributed by atoms with E-state index in [2.05, 4.69) is 149 Å². The molecule has 180 valence electrons. The minimum atomic E-state index is 1.18. The number of nitrogens with zero attached hydrogens (tertiary/aromatic N) is 3. The largest absolute Gasteiger partial charge is 0.296 e. The molecule has 3 aromatic heterocycles. The van der Waals surface area contributed by atoms with Crippen molar-refractivity contribution < 1.29 is 4.57 Å². The molecule has 3 nitrogen and oxygen atoms in total. The summed E-state index contributed by atoms with van der Waals surface area (Å²) in [5, 5.41) is 6.19. The molecule has 0 amide bonds. The van der Waals surface area contributed by atoms with Crippen LogP contribution in [0, 0.1) is 6.92 Å². The van der Waals surface area contributed by atoms with E-state index in [1.165, 1.54) is 71.6 Å². The zero-order chi connectivity index (χ0) is 25.4. The number of rotatable bonds is 1. The van der Waals surface area contributed by atoms with E-state index in [1.54, 1.807) is 0 Å². The Morgan fingerprint density at radius 1 is 0.474 bits per heavy atom. The molecule has 0 atom stereocenters. The Hall–Kier alpha value is -4.89. The van der Waals surface area contributed by atoms with Gasteiger partial charge in [0.1, 0.15) is 5.52 Å². The van der Waals surface area contributed by atoms with E-state index < -0.39 is 0 Å². The molecule has 0 aliphatic carbocycles. The second-order valence-electron chi connectivity index (χ2n) is 10.1. The normalized spacial score (nSPS) is 11.9. The predicted octanol–water partition coefficient (Wildman–Crippen LogP) is 8.17. The number of fused-ring (bicyclic) bond motifs is 10. The van der Waals surface area contributed by atoms with E-state index in [4.69, 9.17) is 0 Å². The Balaban J connectivity index is 1.87. The van der Waals surface area contributed by atoms with Crippen LogP contribution in [0.4, 0.5) is 0 Å². The van der Waals surface area contributed by atoms with Crippen molar-refractivity contribution in [2.75, 3.05) is 0 Å². The molecular formula is C35H26N3+. The molecule has 0 fully saturated rings. The van der Waals surface area contributed by atoms with Crippen molar-refractivity contribution in [2.24, 2.45) is 7.05 Å². The van der Waals surface area contributed by atoms with Gasteiger partial charge in [0.05, 0.1) is 29.0 Å². The summed E-state index contributed by atoms with van der Waals surface area (Å²) in [5.41, 5.74) is 8.48. The maximum absolute atomic E-state index is 2.49. The molecule has 38 heavy (non-hydrogen) atoms. The average Bonchev–Trinajstić information content (AvgIpc) is 3.46. The van der Waals surface area contributed by atoms with E-state index in [9.17, 15) is 0 Å². The molecule has 8 rings (SSSR count). The quantitative estimate of drug-likeness (QED) is 0.207. The van der Waals surface area contributed by atoms with Crippen molar-refractivity contribution in [3.8, 4) is 11.4 Å². The lowest BCUT2D eigenvalue weighted by molar-refractivity contribution is -0.632. The van der Waals surface area contributed by atoms with Crippen molar-refractivity contribution in [1.29, 1.82) is 0 Å². The van der Waals surface area contributed by atoms with Gasteiger partial charge in [0.2, 0.25) is 5.52 Å². The van der Waals surface area contributed by atoms with Crippen LogP contribution in [0.25, 0.3) is 66.0 Å². The number of para-hydroxylation sites is 3. The maximum Gasteiger partial charge on any atom is 0.296 e. The Kier molecular flexibility index (Phi) is 4.36. The van der Waals surface area contributed by atoms with Crippen LogP contribution >= 0.6 is 0 Å². The fraction of sp³-hybridized carbons (Fsp3) is 0.0571. The molecule has 8 aromatic rings. The first-order valence-corrected chi connectivity index (χ1v) is 13.1. The Morgan fingerprint density at radius 3 is 1.53 bits per heavy atom. The van der Waals surface area contributed by atoms with Crippen LogP contribution in [0.3, 0.4) is 0 Å². The van der Waals surface area contributed by atoms with E-state index in [-0.39, 0.29) is 0 Å². The summed E-state index contributed by atoms with van der Waals surface area (Å²) in [6.07, 6.45) is 0. The molecule has 0 unspecified atom stereocenters. The smallest absolute Gasteiger partial charge is 0.272 e. The molecule has 3 heterocycles. The highest BCUT2D eigenvalue weighted by Crippen LogP contribution is 2.37. The minimum Gasteiger partial charge on any atom is -0.272 e. The second kappa shape index (κ2) is 7.80. The SMILES string of the molecule is Cc1ccccc1-c1n2c3ccccc3c3ccccc3c3ccccc3n3c4ccccc4c(c23)[n+]1C. The van der Waals surface area contributed by atoms with Crippen LogP contribution in [0.2, 0.25) is 0 Å². The summed E-state index contributed by atoms with van der Waals surface area (Å²) < 4.78 is 7.36. The second-order valence-corrected chi connectivity index (χ2v) is 10.1. The summed E-state index contributed by atoms with van der Waals surface area (Å²) in [5.74, 6) is 1.18. The molecule has 5 aromatic carbocycles. The van der Waals surface area contributed by atoms with Gasteiger partial charge in [-0.15, -0.1) is 0 Å². The molecule has 0 radical (unpaired) electrons. The maximum atomic E-state index is 2.49. The summed E-state index contributed by atoms with van der Waals surface area (Å²) in [4.78, 5) is 0. The third kappa shape index (κ3) is 2.71. The number of aryl methyl sites for hydroxylation is 2. The van der Waals surface area contributed by atoms with Gasteiger partial charge in [0.25, 0.3) is 11.5 Å². The molecule has 0 saturated carbocycles. The number of benzene rings is 5. The van der Waals surface area contributed by atoms with E-state index in [1.807, 2.05) is 0 Å². The van der Waals surface area contributed by atoms with Crippen LogP contribution in [0.1, 0.15) is 5.56 Å². The lowest BCUT2D eigenvalue weighted by atomic mass is 10.0. The highest BCUT2D eigenvalue weighted by atomic mass is 15.2. The van der Waals surface area contributed by atoms with E-state index in [0.717, 1.165) is 0 Å². The molecule has 0 aliphatic rings. The first-order valence-electron chi connectivity index (χ1n) is 13.1. The van der Waals surface area contributed by atoms with Gasteiger partial charge >= 0.3 is 0 Å². The van der Waals surface area contributed by atoms with Crippen molar-refractivity contribution >= 4 is 54.6 Å². The van der Waals surface area contributed by atoms with Crippen LogP contribution < -0.4 is 4.57 Å². The highest BCUT2D eigenvalue weighted by Gasteiger charge is 2.30. The zero-order valence-electron chi connectivity index (χ0n) is 21.4. The van der Waals surface area contributed by atoms with Crippen LogP contribution in [0.5, 0.6) is 0 Å². The predicted molar refractivity (Wildman–Crippen MR) is 159 cm³/mol. The van der Waals surface area contributed by atoms with Gasteiger partial charge in [-0.25, -0.2) is 4.57 Å². The lowest BCUT2D eigenvalue weighted by Gasteiger charge is -2.05. The van der Waals surface area contributed by atoms with Gasteiger partial charge in [0.15, 0.2) is 0 Å². The molecular weight excluding hydrogens is 462 g/mol. The third-order valence-electron chi connectivity index (χ3n) is 8.08. The summed E-state index contributed by atoms with van der Waals surface area (Å²) in [6.45, 7) is 2.21. The van der Waals surface area contributed by atoms with Gasteiger partial charge in [-0.05, 0) is 53.6 Å². The van der Waals surface area contributed by atoms with Gasteiger partial charge in [0, 0.05) is 10.8 Å². The molecule has 0 aliphatic heterocycles. The van der Waals surface area contributed by atoms with Crippen LogP contribution in [-0.4, -0.2) is 8.80 Å². The average molecular weight is 489 g/mol. The molecule has 0 spiro atoms. The monoisotopic (exact) mass is 488 g/mol. The summed E-state index contributed by atoms with van der Waals surface area (Å²) >= 11 is 0. The van der Waals surface area contributed by atoms with Gasteiger partial charge in [-0.2, -0.15) is 4.40 Å².